The Morgan fingerprint density at radius 1 is 1.50 bits per heavy atom. The molecule has 2 unspecified atom stereocenters. The second kappa shape index (κ2) is 7.01. The number of thiophene rings is 1. The van der Waals surface area contributed by atoms with Crippen molar-refractivity contribution in [1.82, 2.24) is 5.32 Å². The van der Waals surface area contributed by atoms with Crippen molar-refractivity contribution in [3.8, 4) is 0 Å². The molecule has 0 saturated carbocycles. The van der Waals surface area contributed by atoms with Gasteiger partial charge in [0.2, 0.25) is 0 Å². The molecular formula is C12H21NO2S. The molecule has 3 nitrogen and oxygen atoms in total. The summed E-state index contributed by atoms with van der Waals surface area (Å²) in [6.45, 7) is 4.99. The molecule has 0 saturated heterocycles. The van der Waals surface area contributed by atoms with Gasteiger partial charge in [-0.3, -0.25) is 0 Å². The first-order valence-corrected chi connectivity index (χ1v) is 6.46. The molecule has 16 heavy (non-hydrogen) atoms. The largest absolute Gasteiger partial charge is 0.395 e. The van der Waals surface area contributed by atoms with Gasteiger partial charge in [-0.2, -0.15) is 0 Å². The molecular weight excluding hydrogens is 222 g/mol. The molecule has 0 aliphatic heterocycles. The zero-order valence-electron chi connectivity index (χ0n) is 10.1. The van der Waals surface area contributed by atoms with Gasteiger partial charge in [0.1, 0.15) is 0 Å². The standard InChI is InChI=1S/C12H21NO2S/c1-9(2)12(11-5-4-6-16-11)13-10(7-14)8-15-3/h4-6,9-10,12-14H,7-8H2,1-3H3. The van der Waals surface area contributed by atoms with Crippen LogP contribution in [0.3, 0.4) is 0 Å². The lowest BCUT2D eigenvalue weighted by Gasteiger charge is -2.26. The molecule has 0 amide bonds. The SMILES string of the molecule is COCC(CO)NC(c1cccs1)C(C)C. The minimum Gasteiger partial charge on any atom is -0.395 e. The Kier molecular flexibility index (Phi) is 5.98. The molecule has 1 heterocycles. The molecule has 0 aromatic carbocycles. The molecule has 4 heteroatoms. The van der Waals surface area contributed by atoms with E-state index in [1.165, 1.54) is 4.88 Å². The zero-order chi connectivity index (χ0) is 12.0. The van der Waals surface area contributed by atoms with Gasteiger partial charge in [-0.25, -0.2) is 0 Å². The Morgan fingerprint density at radius 3 is 2.69 bits per heavy atom. The van der Waals surface area contributed by atoms with E-state index >= 15 is 0 Å². The van der Waals surface area contributed by atoms with E-state index in [9.17, 15) is 5.11 Å². The minimum atomic E-state index is -0.000463. The lowest BCUT2D eigenvalue weighted by molar-refractivity contribution is 0.118. The van der Waals surface area contributed by atoms with E-state index in [-0.39, 0.29) is 18.7 Å². The Bertz CT molecular complexity index is 275. The van der Waals surface area contributed by atoms with Gasteiger partial charge in [-0.05, 0) is 17.4 Å². The van der Waals surface area contributed by atoms with Crippen LogP contribution in [-0.4, -0.2) is 31.5 Å². The third-order valence-corrected chi connectivity index (χ3v) is 3.48. The number of nitrogens with one attached hydrogen (secondary N) is 1. The fourth-order valence-electron chi connectivity index (χ4n) is 1.68. The first-order chi connectivity index (χ1) is 7.69. The van der Waals surface area contributed by atoms with Crippen molar-refractivity contribution < 1.29 is 9.84 Å². The second-order valence-corrected chi connectivity index (χ2v) is 5.22. The maximum Gasteiger partial charge on any atom is 0.0638 e. The number of rotatable bonds is 7. The van der Waals surface area contributed by atoms with Gasteiger partial charge >= 0.3 is 0 Å². The third-order valence-electron chi connectivity index (χ3n) is 2.52. The van der Waals surface area contributed by atoms with Crippen LogP contribution >= 0.6 is 11.3 Å². The molecule has 2 N–H and O–H groups in total. The zero-order valence-corrected chi connectivity index (χ0v) is 11.0. The number of hydrogen-bond donors (Lipinski definition) is 2. The van der Waals surface area contributed by atoms with E-state index in [2.05, 4.69) is 36.7 Å². The first kappa shape index (κ1) is 13.6. The molecule has 2 atom stereocenters. The summed E-state index contributed by atoms with van der Waals surface area (Å²) in [6, 6.07) is 4.47. The fourth-order valence-corrected chi connectivity index (χ4v) is 2.64. The summed E-state index contributed by atoms with van der Waals surface area (Å²) in [5.41, 5.74) is 0. The quantitative estimate of drug-likeness (QED) is 0.770. The molecule has 0 radical (unpaired) electrons. The van der Waals surface area contributed by atoms with Crippen LogP contribution in [0.2, 0.25) is 0 Å². The van der Waals surface area contributed by atoms with Crippen LogP contribution in [0.1, 0.15) is 24.8 Å². The van der Waals surface area contributed by atoms with Gasteiger partial charge in [0.25, 0.3) is 0 Å². The van der Waals surface area contributed by atoms with E-state index in [0.29, 0.717) is 12.5 Å². The maximum atomic E-state index is 9.25. The summed E-state index contributed by atoms with van der Waals surface area (Å²) in [6.07, 6.45) is 0. The number of ether oxygens (including phenoxy) is 1. The summed E-state index contributed by atoms with van der Waals surface area (Å²) in [5, 5.41) is 14.8. The molecule has 1 rings (SSSR count). The molecule has 0 spiro atoms. The van der Waals surface area contributed by atoms with Crippen LogP contribution in [-0.2, 0) is 4.74 Å². The van der Waals surface area contributed by atoms with E-state index in [1.54, 1.807) is 18.4 Å². The summed E-state index contributed by atoms with van der Waals surface area (Å²) < 4.78 is 5.07. The van der Waals surface area contributed by atoms with Crippen LogP contribution in [0.25, 0.3) is 0 Å². The van der Waals surface area contributed by atoms with Crippen molar-refractivity contribution in [2.45, 2.75) is 25.9 Å². The molecule has 0 aliphatic rings. The van der Waals surface area contributed by atoms with Crippen molar-refractivity contribution in [3.63, 3.8) is 0 Å². The van der Waals surface area contributed by atoms with Crippen LogP contribution in [0, 0.1) is 5.92 Å². The summed E-state index contributed by atoms with van der Waals surface area (Å²) in [4.78, 5) is 1.31. The van der Waals surface area contributed by atoms with E-state index in [1.807, 2.05) is 0 Å². The average molecular weight is 243 g/mol. The van der Waals surface area contributed by atoms with Gasteiger partial charge < -0.3 is 15.2 Å². The van der Waals surface area contributed by atoms with Crippen LogP contribution < -0.4 is 5.32 Å². The van der Waals surface area contributed by atoms with Crippen molar-refractivity contribution in [3.05, 3.63) is 22.4 Å². The highest BCUT2D eigenvalue weighted by atomic mass is 32.1. The highest BCUT2D eigenvalue weighted by molar-refractivity contribution is 7.10. The monoisotopic (exact) mass is 243 g/mol. The molecule has 0 bridgehead atoms. The van der Waals surface area contributed by atoms with Crippen molar-refractivity contribution >= 4 is 11.3 Å². The Morgan fingerprint density at radius 2 is 2.25 bits per heavy atom. The van der Waals surface area contributed by atoms with Crippen molar-refractivity contribution in [1.29, 1.82) is 0 Å². The van der Waals surface area contributed by atoms with Gasteiger partial charge in [0.15, 0.2) is 0 Å². The van der Waals surface area contributed by atoms with E-state index in [0.717, 1.165) is 0 Å². The maximum absolute atomic E-state index is 9.25. The lowest BCUT2D eigenvalue weighted by Crippen LogP contribution is -2.40. The van der Waals surface area contributed by atoms with Gasteiger partial charge in [0, 0.05) is 18.0 Å². The van der Waals surface area contributed by atoms with E-state index < -0.39 is 0 Å². The van der Waals surface area contributed by atoms with Crippen molar-refractivity contribution in [2.24, 2.45) is 5.92 Å². The summed E-state index contributed by atoms with van der Waals surface area (Å²) >= 11 is 1.74. The smallest absolute Gasteiger partial charge is 0.0638 e. The van der Waals surface area contributed by atoms with Crippen LogP contribution in [0.4, 0.5) is 0 Å². The van der Waals surface area contributed by atoms with Gasteiger partial charge in [0.05, 0.1) is 19.3 Å². The lowest BCUT2D eigenvalue weighted by atomic mass is 10.0. The predicted molar refractivity (Wildman–Crippen MR) is 67.8 cm³/mol. The molecule has 1 aromatic rings. The molecule has 92 valence electrons. The number of hydrogen-bond acceptors (Lipinski definition) is 4. The highest BCUT2D eigenvalue weighted by Crippen LogP contribution is 2.26. The Labute approximate surface area is 101 Å². The molecule has 1 aromatic heterocycles. The van der Waals surface area contributed by atoms with Gasteiger partial charge in [-0.15, -0.1) is 11.3 Å². The number of methoxy groups -OCH3 is 1. The van der Waals surface area contributed by atoms with E-state index in [4.69, 9.17) is 4.74 Å². The average Bonchev–Trinajstić information content (AvgIpc) is 2.76. The first-order valence-electron chi connectivity index (χ1n) is 5.58. The normalized spacial score (nSPS) is 15.3. The topological polar surface area (TPSA) is 41.5 Å². The summed E-state index contributed by atoms with van der Waals surface area (Å²) in [5.74, 6) is 0.490. The van der Waals surface area contributed by atoms with Crippen LogP contribution in [0.5, 0.6) is 0 Å². The third kappa shape index (κ3) is 3.87. The van der Waals surface area contributed by atoms with Crippen LogP contribution in [0.15, 0.2) is 17.5 Å². The minimum absolute atomic E-state index is 0.000463. The Hall–Kier alpha value is -0.420. The van der Waals surface area contributed by atoms with Gasteiger partial charge in [-0.1, -0.05) is 19.9 Å². The molecule has 0 fully saturated rings. The Balaban J connectivity index is 2.64. The number of aliphatic hydroxyl groups excluding tert-OH is 1. The summed E-state index contributed by atoms with van der Waals surface area (Å²) in [7, 11) is 1.65. The second-order valence-electron chi connectivity index (χ2n) is 4.24. The van der Waals surface area contributed by atoms with Crippen molar-refractivity contribution in [2.75, 3.05) is 20.3 Å². The molecule has 0 aliphatic carbocycles. The fraction of sp³-hybridized carbons (Fsp3) is 0.667. The predicted octanol–water partition coefficient (Wildman–Crippen LogP) is 2.04. The highest BCUT2D eigenvalue weighted by Gasteiger charge is 2.20. The number of aliphatic hydroxyl groups is 1.